The second-order valence-corrected chi connectivity index (χ2v) is 6.90. The molecule has 2 aromatic rings. The first-order valence-corrected chi connectivity index (χ1v) is 9.66. The molecule has 1 saturated heterocycles. The minimum atomic E-state index is 0.600. The summed E-state index contributed by atoms with van der Waals surface area (Å²) in [6.45, 7) is 6.78. The zero-order valence-electron chi connectivity index (χ0n) is 15.3. The Kier molecular flexibility index (Phi) is 6.63. The lowest BCUT2D eigenvalue weighted by molar-refractivity contribution is 0.122. The molecule has 0 atom stereocenters. The van der Waals surface area contributed by atoms with Crippen molar-refractivity contribution in [1.82, 2.24) is 0 Å². The Morgan fingerprint density at radius 2 is 1.88 bits per heavy atom. The van der Waals surface area contributed by atoms with E-state index in [1.54, 1.807) is 7.11 Å². The lowest BCUT2D eigenvalue weighted by Crippen LogP contribution is -2.36. The standard InChI is InChI=1S/C20H25BrN2O3/c1-3-26-19-13-15(12-18(21)20(19)24-2)14-22-16-4-6-17(7-5-16)23-8-10-25-11-9-23/h4-7,12-13,22H,3,8-11,14H2,1-2H3. The van der Waals surface area contributed by atoms with Gasteiger partial charge in [-0.1, -0.05) is 0 Å². The summed E-state index contributed by atoms with van der Waals surface area (Å²) in [6.07, 6.45) is 0. The van der Waals surface area contributed by atoms with E-state index in [1.807, 2.05) is 13.0 Å². The van der Waals surface area contributed by atoms with Crippen LogP contribution in [-0.2, 0) is 11.3 Å². The molecule has 1 aliphatic heterocycles. The SMILES string of the molecule is CCOc1cc(CNc2ccc(N3CCOCC3)cc2)cc(Br)c1OC. The van der Waals surface area contributed by atoms with Gasteiger partial charge < -0.3 is 24.4 Å². The number of benzene rings is 2. The van der Waals surface area contributed by atoms with Crippen molar-refractivity contribution in [3.63, 3.8) is 0 Å². The Morgan fingerprint density at radius 1 is 1.15 bits per heavy atom. The van der Waals surface area contributed by atoms with Crippen molar-refractivity contribution in [3.8, 4) is 11.5 Å². The number of nitrogens with one attached hydrogen (secondary N) is 1. The topological polar surface area (TPSA) is 43.0 Å². The molecule has 0 radical (unpaired) electrons. The predicted molar refractivity (Wildman–Crippen MR) is 109 cm³/mol. The molecule has 2 aromatic carbocycles. The molecule has 0 unspecified atom stereocenters. The van der Waals surface area contributed by atoms with E-state index >= 15 is 0 Å². The van der Waals surface area contributed by atoms with Crippen LogP contribution in [0.3, 0.4) is 0 Å². The molecule has 3 rings (SSSR count). The number of morpholine rings is 1. The molecule has 0 spiro atoms. The summed E-state index contributed by atoms with van der Waals surface area (Å²) in [4.78, 5) is 2.35. The van der Waals surface area contributed by atoms with Gasteiger partial charge >= 0.3 is 0 Å². The number of hydrogen-bond acceptors (Lipinski definition) is 5. The Labute approximate surface area is 163 Å². The van der Waals surface area contributed by atoms with Gasteiger partial charge in [-0.2, -0.15) is 0 Å². The summed E-state index contributed by atoms with van der Waals surface area (Å²) in [5.41, 5.74) is 3.45. The summed E-state index contributed by atoms with van der Waals surface area (Å²) in [5, 5.41) is 3.46. The van der Waals surface area contributed by atoms with E-state index in [1.165, 1.54) is 5.69 Å². The van der Waals surface area contributed by atoms with Crippen LogP contribution in [0.15, 0.2) is 40.9 Å². The molecular formula is C20H25BrN2O3. The van der Waals surface area contributed by atoms with Crippen LogP contribution in [0.25, 0.3) is 0 Å². The number of methoxy groups -OCH3 is 1. The molecule has 5 nitrogen and oxygen atoms in total. The average Bonchev–Trinajstić information content (AvgIpc) is 2.68. The van der Waals surface area contributed by atoms with Crippen LogP contribution < -0.4 is 19.7 Å². The maximum Gasteiger partial charge on any atom is 0.174 e. The first kappa shape index (κ1) is 18.9. The van der Waals surface area contributed by atoms with E-state index in [9.17, 15) is 0 Å². The fourth-order valence-electron chi connectivity index (χ4n) is 3.00. The van der Waals surface area contributed by atoms with Gasteiger partial charge in [0.2, 0.25) is 0 Å². The monoisotopic (exact) mass is 420 g/mol. The third-order valence-electron chi connectivity index (χ3n) is 4.31. The zero-order valence-corrected chi connectivity index (χ0v) is 16.8. The van der Waals surface area contributed by atoms with E-state index in [0.717, 1.165) is 53.5 Å². The van der Waals surface area contributed by atoms with Crippen molar-refractivity contribution < 1.29 is 14.2 Å². The summed E-state index contributed by atoms with van der Waals surface area (Å²) >= 11 is 3.56. The first-order valence-electron chi connectivity index (χ1n) is 8.87. The lowest BCUT2D eigenvalue weighted by atomic mass is 10.2. The molecule has 1 fully saturated rings. The van der Waals surface area contributed by atoms with Gasteiger partial charge in [-0.05, 0) is 64.8 Å². The van der Waals surface area contributed by atoms with Crippen LogP contribution in [0.2, 0.25) is 0 Å². The van der Waals surface area contributed by atoms with Crippen LogP contribution in [-0.4, -0.2) is 40.0 Å². The summed E-state index contributed by atoms with van der Waals surface area (Å²) in [6, 6.07) is 12.6. The highest BCUT2D eigenvalue weighted by Gasteiger charge is 2.12. The van der Waals surface area contributed by atoms with E-state index in [2.05, 4.69) is 56.5 Å². The van der Waals surface area contributed by atoms with Gasteiger partial charge in [-0.3, -0.25) is 0 Å². The molecule has 140 valence electrons. The largest absolute Gasteiger partial charge is 0.492 e. The van der Waals surface area contributed by atoms with Gasteiger partial charge in [0.15, 0.2) is 11.5 Å². The Bertz CT molecular complexity index is 716. The molecule has 1 N–H and O–H groups in total. The molecule has 6 heteroatoms. The molecule has 0 aromatic heterocycles. The lowest BCUT2D eigenvalue weighted by Gasteiger charge is -2.29. The quantitative estimate of drug-likeness (QED) is 0.722. The molecule has 0 amide bonds. The number of anilines is 2. The van der Waals surface area contributed by atoms with Crippen molar-refractivity contribution in [2.24, 2.45) is 0 Å². The summed E-state index contributed by atoms with van der Waals surface area (Å²) in [5.74, 6) is 1.48. The van der Waals surface area contributed by atoms with Crippen molar-refractivity contribution in [1.29, 1.82) is 0 Å². The fraction of sp³-hybridized carbons (Fsp3) is 0.400. The third kappa shape index (κ3) is 4.62. The Balaban J connectivity index is 1.65. The van der Waals surface area contributed by atoms with Crippen LogP contribution in [0.4, 0.5) is 11.4 Å². The van der Waals surface area contributed by atoms with Gasteiger partial charge in [-0.15, -0.1) is 0 Å². The maximum absolute atomic E-state index is 5.69. The van der Waals surface area contributed by atoms with E-state index < -0.39 is 0 Å². The highest BCUT2D eigenvalue weighted by Crippen LogP contribution is 2.36. The maximum atomic E-state index is 5.69. The van der Waals surface area contributed by atoms with Gasteiger partial charge in [-0.25, -0.2) is 0 Å². The Hall–Kier alpha value is -1.92. The molecule has 26 heavy (non-hydrogen) atoms. The van der Waals surface area contributed by atoms with Gasteiger partial charge in [0.05, 0.1) is 31.4 Å². The second-order valence-electron chi connectivity index (χ2n) is 6.04. The van der Waals surface area contributed by atoms with Crippen LogP contribution in [0, 0.1) is 0 Å². The number of rotatable bonds is 7. The second kappa shape index (κ2) is 9.14. The number of hydrogen-bond donors (Lipinski definition) is 1. The highest BCUT2D eigenvalue weighted by molar-refractivity contribution is 9.10. The predicted octanol–water partition coefficient (Wildman–Crippen LogP) is 4.31. The third-order valence-corrected chi connectivity index (χ3v) is 4.90. The fourth-order valence-corrected chi connectivity index (χ4v) is 3.65. The smallest absolute Gasteiger partial charge is 0.174 e. The summed E-state index contributed by atoms with van der Waals surface area (Å²) < 4.78 is 17.4. The molecule has 1 aliphatic rings. The molecule has 0 saturated carbocycles. The molecular weight excluding hydrogens is 396 g/mol. The van der Waals surface area contributed by atoms with Gasteiger partial charge in [0, 0.05) is 31.0 Å². The van der Waals surface area contributed by atoms with Crippen molar-refractivity contribution in [2.45, 2.75) is 13.5 Å². The van der Waals surface area contributed by atoms with Gasteiger partial charge in [0.1, 0.15) is 0 Å². The van der Waals surface area contributed by atoms with Crippen molar-refractivity contribution in [3.05, 3.63) is 46.4 Å². The highest BCUT2D eigenvalue weighted by atomic mass is 79.9. The average molecular weight is 421 g/mol. The van der Waals surface area contributed by atoms with Crippen molar-refractivity contribution >= 4 is 27.3 Å². The van der Waals surface area contributed by atoms with Crippen LogP contribution in [0.1, 0.15) is 12.5 Å². The van der Waals surface area contributed by atoms with Crippen LogP contribution in [0.5, 0.6) is 11.5 Å². The minimum Gasteiger partial charge on any atom is -0.492 e. The number of halogens is 1. The van der Waals surface area contributed by atoms with Gasteiger partial charge in [0.25, 0.3) is 0 Å². The normalized spacial score (nSPS) is 14.2. The molecule has 0 aliphatic carbocycles. The number of ether oxygens (including phenoxy) is 3. The van der Waals surface area contributed by atoms with E-state index in [-0.39, 0.29) is 0 Å². The zero-order chi connectivity index (χ0) is 18.4. The van der Waals surface area contributed by atoms with Crippen LogP contribution >= 0.6 is 15.9 Å². The molecule has 1 heterocycles. The first-order chi connectivity index (χ1) is 12.7. The Morgan fingerprint density at radius 3 is 2.54 bits per heavy atom. The van der Waals surface area contributed by atoms with Crippen molar-refractivity contribution in [2.75, 3.05) is 50.2 Å². The molecule has 0 bridgehead atoms. The number of nitrogens with zero attached hydrogens (tertiary/aromatic N) is 1. The van der Waals surface area contributed by atoms with E-state index in [4.69, 9.17) is 14.2 Å². The minimum absolute atomic E-state index is 0.600. The van der Waals surface area contributed by atoms with E-state index in [0.29, 0.717) is 13.2 Å². The summed E-state index contributed by atoms with van der Waals surface area (Å²) in [7, 11) is 1.65.